The largest absolute Gasteiger partial charge is 0.391 e. The Morgan fingerprint density at radius 1 is 1.22 bits per heavy atom. The summed E-state index contributed by atoms with van der Waals surface area (Å²) in [5.74, 6) is -0.100. The van der Waals surface area contributed by atoms with Crippen LogP contribution in [0.4, 0.5) is 0 Å². The second-order valence-corrected chi connectivity index (χ2v) is 5.48. The number of carbonyl (C=O) groups excluding carboxylic acids is 2. The van der Waals surface area contributed by atoms with Crippen LogP contribution in [0.15, 0.2) is 0 Å². The Hall–Kier alpha value is -1.10. The lowest BCUT2D eigenvalue weighted by molar-refractivity contribution is -0.128. The molecule has 0 bridgehead atoms. The molecule has 106 valence electrons. The third-order valence-electron chi connectivity index (χ3n) is 2.55. The van der Waals surface area contributed by atoms with Crippen LogP contribution in [0.1, 0.15) is 47.0 Å². The summed E-state index contributed by atoms with van der Waals surface area (Å²) in [6.45, 7) is 8.20. The van der Waals surface area contributed by atoms with Gasteiger partial charge in [-0.1, -0.05) is 27.7 Å². The predicted molar refractivity (Wildman–Crippen MR) is 71.0 cm³/mol. The first kappa shape index (κ1) is 16.9. The molecule has 0 aliphatic rings. The summed E-state index contributed by atoms with van der Waals surface area (Å²) in [5.41, 5.74) is -0.395. The molecule has 0 aliphatic carbocycles. The summed E-state index contributed by atoms with van der Waals surface area (Å²) < 4.78 is 0. The summed E-state index contributed by atoms with van der Waals surface area (Å²) in [7, 11) is 0. The summed E-state index contributed by atoms with van der Waals surface area (Å²) in [5, 5.41) is 14.7. The van der Waals surface area contributed by atoms with Crippen molar-refractivity contribution < 1.29 is 14.7 Å². The lowest BCUT2D eigenvalue weighted by Gasteiger charge is -2.17. The van der Waals surface area contributed by atoms with E-state index in [9.17, 15) is 14.7 Å². The highest BCUT2D eigenvalue weighted by Gasteiger charge is 2.20. The van der Waals surface area contributed by atoms with Crippen molar-refractivity contribution in [2.45, 2.75) is 53.1 Å². The highest BCUT2D eigenvalue weighted by molar-refractivity contribution is 5.81. The molecule has 0 radical (unpaired) electrons. The van der Waals surface area contributed by atoms with Crippen LogP contribution in [0.3, 0.4) is 0 Å². The predicted octanol–water partition coefficient (Wildman–Crippen LogP) is 0.816. The van der Waals surface area contributed by atoms with E-state index in [1.54, 1.807) is 0 Å². The van der Waals surface area contributed by atoms with Crippen LogP contribution in [0.2, 0.25) is 0 Å². The molecule has 18 heavy (non-hydrogen) atoms. The summed E-state index contributed by atoms with van der Waals surface area (Å²) in [4.78, 5) is 22.9. The van der Waals surface area contributed by atoms with Crippen LogP contribution in [0.25, 0.3) is 0 Å². The number of nitrogens with one attached hydrogen (secondary N) is 2. The molecule has 5 heteroatoms. The van der Waals surface area contributed by atoms with E-state index in [0.29, 0.717) is 32.4 Å². The number of aliphatic hydroxyl groups is 1. The van der Waals surface area contributed by atoms with Gasteiger partial charge in [-0.05, 0) is 12.8 Å². The van der Waals surface area contributed by atoms with Crippen LogP contribution in [0, 0.1) is 5.41 Å². The molecule has 1 unspecified atom stereocenters. The van der Waals surface area contributed by atoms with Gasteiger partial charge < -0.3 is 15.7 Å². The molecular formula is C13H26N2O3. The minimum Gasteiger partial charge on any atom is -0.391 e. The average molecular weight is 258 g/mol. The molecule has 0 rings (SSSR count). The maximum absolute atomic E-state index is 11.5. The minimum absolute atomic E-state index is 0.00990. The summed E-state index contributed by atoms with van der Waals surface area (Å²) in [6.07, 6.45) is 1.12. The number of rotatable bonds is 7. The molecule has 0 heterocycles. The fraction of sp³-hybridized carbons (Fsp3) is 0.846. The Morgan fingerprint density at radius 2 is 1.83 bits per heavy atom. The second-order valence-electron chi connectivity index (χ2n) is 5.48. The molecule has 1 atom stereocenters. The van der Waals surface area contributed by atoms with Gasteiger partial charge in [0.15, 0.2) is 0 Å². The van der Waals surface area contributed by atoms with Gasteiger partial charge in [-0.25, -0.2) is 0 Å². The molecule has 0 spiro atoms. The SMILES string of the molecule is CCC(O)CNC(=O)CCCNC(=O)C(C)(C)C. The van der Waals surface area contributed by atoms with Crippen LogP contribution in [-0.4, -0.2) is 36.1 Å². The molecule has 0 fully saturated rings. The zero-order chi connectivity index (χ0) is 14.2. The zero-order valence-corrected chi connectivity index (χ0v) is 11.9. The normalized spacial score (nSPS) is 12.9. The third-order valence-corrected chi connectivity index (χ3v) is 2.55. The Kier molecular flexibility index (Phi) is 7.59. The van der Waals surface area contributed by atoms with Crippen molar-refractivity contribution >= 4 is 11.8 Å². The molecule has 2 amide bonds. The van der Waals surface area contributed by atoms with E-state index >= 15 is 0 Å². The van der Waals surface area contributed by atoms with Gasteiger partial charge in [0, 0.05) is 24.9 Å². The van der Waals surface area contributed by atoms with Gasteiger partial charge in [0.1, 0.15) is 0 Å². The molecule has 0 aromatic rings. The van der Waals surface area contributed by atoms with Gasteiger partial charge in [0.25, 0.3) is 0 Å². The lowest BCUT2D eigenvalue weighted by atomic mass is 9.96. The quantitative estimate of drug-likeness (QED) is 0.591. The highest BCUT2D eigenvalue weighted by Crippen LogP contribution is 2.12. The second kappa shape index (κ2) is 8.08. The van der Waals surface area contributed by atoms with Gasteiger partial charge in [-0.2, -0.15) is 0 Å². The fourth-order valence-electron chi connectivity index (χ4n) is 1.18. The van der Waals surface area contributed by atoms with Gasteiger partial charge in [0.05, 0.1) is 6.10 Å². The number of aliphatic hydroxyl groups excluding tert-OH is 1. The Balaban J connectivity index is 3.61. The van der Waals surface area contributed by atoms with E-state index in [4.69, 9.17) is 0 Å². The smallest absolute Gasteiger partial charge is 0.225 e. The van der Waals surface area contributed by atoms with Crippen molar-refractivity contribution in [2.75, 3.05) is 13.1 Å². The van der Waals surface area contributed by atoms with E-state index in [0.717, 1.165) is 0 Å². The summed E-state index contributed by atoms with van der Waals surface area (Å²) >= 11 is 0. The third kappa shape index (κ3) is 8.06. The zero-order valence-electron chi connectivity index (χ0n) is 11.9. The van der Waals surface area contributed by atoms with Crippen molar-refractivity contribution in [2.24, 2.45) is 5.41 Å². The molecule has 0 aromatic carbocycles. The van der Waals surface area contributed by atoms with E-state index in [-0.39, 0.29) is 11.8 Å². The topological polar surface area (TPSA) is 78.4 Å². The first-order valence-corrected chi connectivity index (χ1v) is 6.50. The average Bonchev–Trinajstić information content (AvgIpc) is 2.29. The maximum atomic E-state index is 11.5. The van der Waals surface area contributed by atoms with Gasteiger partial charge in [0.2, 0.25) is 11.8 Å². The minimum atomic E-state index is -0.477. The molecule has 0 aromatic heterocycles. The van der Waals surface area contributed by atoms with Crippen molar-refractivity contribution in [3.63, 3.8) is 0 Å². The first-order chi connectivity index (χ1) is 8.27. The van der Waals surface area contributed by atoms with Crippen LogP contribution < -0.4 is 10.6 Å². The first-order valence-electron chi connectivity index (χ1n) is 6.50. The van der Waals surface area contributed by atoms with E-state index in [1.165, 1.54) is 0 Å². The Bertz CT molecular complexity index is 272. The highest BCUT2D eigenvalue weighted by atomic mass is 16.3. The fourth-order valence-corrected chi connectivity index (χ4v) is 1.18. The van der Waals surface area contributed by atoms with Gasteiger partial charge >= 0.3 is 0 Å². The summed E-state index contributed by atoms with van der Waals surface area (Å²) in [6, 6.07) is 0. The number of hydrogen-bond donors (Lipinski definition) is 3. The molecular weight excluding hydrogens is 232 g/mol. The van der Waals surface area contributed by atoms with E-state index < -0.39 is 11.5 Å². The van der Waals surface area contributed by atoms with Crippen molar-refractivity contribution in [1.82, 2.24) is 10.6 Å². The van der Waals surface area contributed by atoms with Gasteiger partial charge in [-0.3, -0.25) is 9.59 Å². The van der Waals surface area contributed by atoms with Gasteiger partial charge in [-0.15, -0.1) is 0 Å². The Labute approximate surface area is 109 Å². The number of carbonyl (C=O) groups is 2. The lowest BCUT2D eigenvalue weighted by Crippen LogP contribution is -2.36. The van der Waals surface area contributed by atoms with Crippen LogP contribution in [0.5, 0.6) is 0 Å². The molecule has 0 saturated carbocycles. The maximum Gasteiger partial charge on any atom is 0.225 e. The standard InChI is InChI=1S/C13H26N2O3/c1-5-10(16)9-15-11(17)7-6-8-14-12(18)13(2,3)4/h10,16H,5-9H2,1-4H3,(H,14,18)(H,15,17). The van der Waals surface area contributed by atoms with Crippen molar-refractivity contribution in [3.05, 3.63) is 0 Å². The molecule has 0 aliphatic heterocycles. The van der Waals surface area contributed by atoms with Crippen molar-refractivity contribution in [1.29, 1.82) is 0 Å². The number of hydrogen-bond acceptors (Lipinski definition) is 3. The molecule has 5 nitrogen and oxygen atoms in total. The number of amides is 2. The Morgan fingerprint density at radius 3 is 2.33 bits per heavy atom. The monoisotopic (exact) mass is 258 g/mol. The van der Waals surface area contributed by atoms with Crippen LogP contribution >= 0.6 is 0 Å². The van der Waals surface area contributed by atoms with E-state index in [1.807, 2.05) is 27.7 Å². The van der Waals surface area contributed by atoms with Crippen LogP contribution in [-0.2, 0) is 9.59 Å². The molecule has 3 N–H and O–H groups in total. The molecule has 0 saturated heterocycles. The van der Waals surface area contributed by atoms with E-state index in [2.05, 4.69) is 10.6 Å². The van der Waals surface area contributed by atoms with Crippen molar-refractivity contribution in [3.8, 4) is 0 Å².